The van der Waals surface area contributed by atoms with Crippen LogP contribution < -0.4 is 14.9 Å². The summed E-state index contributed by atoms with van der Waals surface area (Å²) in [6, 6.07) is 16.8. The highest BCUT2D eigenvalue weighted by atomic mass is 79.9. The molecule has 0 aliphatic heterocycles. The third-order valence-electron chi connectivity index (χ3n) is 3.88. The number of hydrogen-bond acceptors (Lipinski definition) is 5. The standard InChI is InChI=1S/C22H20BrN3O3/c1-2-28-20-13-17(14-25-26-22(27)18-8-10-24-11-9-18)12-19(23)21(20)29-15-16-6-4-3-5-7-16/h3-14H,2,15H2,1H3,(H,26,27)/b25-14+. The van der Waals surface area contributed by atoms with Crippen molar-refractivity contribution in [2.45, 2.75) is 13.5 Å². The maximum Gasteiger partial charge on any atom is 0.271 e. The second kappa shape index (κ2) is 10.4. The predicted octanol–water partition coefficient (Wildman–Crippen LogP) is 4.59. The number of carbonyl (C=O) groups excluding carboxylic acids is 1. The minimum Gasteiger partial charge on any atom is -0.490 e. The van der Waals surface area contributed by atoms with Crippen molar-refractivity contribution in [3.05, 3.63) is 88.2 Å². The molecule has 0 fully saturated rings. The second-order valence-electron chi connectivity index (χ2n) is 5.97. The van der Waals surface area contributed by atoms with Crippen LogP contribution >= 0.6 is 15.9 Å². The summed E-state index contributed by atoms with van der Waals surface area (Å²) < 4.78 is 12.4. The Hall–Kier alpha value is -3.19. The normalized spacial score (nSPS) is 10.7. The van der Waals surface area contributed by atoms with Gasteiger partial charge in [-0.25, -0.2) is 5.43 Å². The molecule has 7 heteroatoms. The van der Waals surface area contributed by atoms with Gasteiger partial charge in [0.1, 0.15) is 6.61 Å². The number of ether oxygens (including phenoxy) is 2. The summed E-state index contributed by atoms with van der Waals surface area (Å²) in [5, 5.41) is 4.02. The van der Waals surface area contributed by atoms with Crippen molar-refractivity contribution in [2.24, 2.45) is 5.10 Å². The lowest BCUT2D eigenvalue weighted by molar-refractivity contribution is 0.0955. The first-order valence-electron chi connectivity index (χ1n) is 9.04. The Bertz CT molecular complexity index is 979. The van der Waals surface area contributed by atoms with Crippen LogP contribution in [0.3, 0.4) is 0 Å². The second-order valence-corrected chi connectivity index (χ2v) is 6.83. The molecule has 0 saturated carbocycles. The fraction of sp³-hybridized carbons (Fsp3) is 0.136. The molecular weight excluding hydrogens is 434 g/mol. The summed E-state index contributed by atoms with van der Waals surface area (Å²) in [5.74, 6) is 0.906. The SMILES string of the molecule is CCOc1cc(/C=N/NC(=O)c2ccncc2)cc(Br)c1OCc1ccccc1. The van der Waals surface area contributed by atoms with E-state index in [9.17, 15) is 4.79 Å². The van der Waals surface area contributed by atoms with E-state index in [1.807, 2.05) is 49.4 Å². The van der Waals surface area contributed by atoms with Gasteiger partial charge in [-0.15, -0.1) is 0 Å². The number of halogens is 1. The summed E-state index contributed by atoms with van der Waals surface area (Å²) in [5.41, 5.74) is 4.79. The third kappa shape index (κ3) is 5.89. The predicted molar refractivity (Wildman–Crippen MR) is 115 cm³/mol. The average Bonchev–Trinajstić information content (AvgIpc) is 2.74. The van der Waals surface area contributed by atoms with E-state index in [-0.39, 0.29) is 5.91 Å². The molecule has 1 amide bonds. The van der Waals surface area contributed by atoms with Crippen LogP contribution in [0.25, 0.3) is 0 Å². The molecule has 0 atom stereocenters. The lowest BCUT2D eigenvalue weighted by atomic mass is 10.2. The fourth-order valence-corrected chi connectivity index (χ4v) is 3.10. The highest BCUT2D eigenvalue weighted by Gasteiger charge is 2.12. The van der Waals surface area contributed by atoms with Crippen LogP contribution in [0.5, 0.6) is 11.5 Å². The molecule has 0 bridgehead atoms. The van der Waals surface area contributed by atoms with Gasteiger partial charge in [0.25, 0.3) is 5.91 Å². The lowest BCUT2D eigenvalue weighted by Crippen LogP contribution is -2.17. The van der Waals surface area contributed by atoms with E-state index in [0.717, 1.165) is 15.6 Å². The van der Waals surface area contributed by atoms with Crippen molar-refractivity contribution in [2.75, 3.05) is 6.61 Å². The van der Waals surface area contributed by atoms with Gasteiger partial charge in [0.15, 0.2) is 11.5 Å². The highest BCUT2D eigenvalue weighted by molar-refractivity contribution is 9.10. The summed E-state index contributed by atoms with van der Waals surface area (Å²) in [4.78, 5) is 15.9. The molecule has 0 aliphatic carbocycles. The van der Waals surface area contributed by atoms with Gasteiger partial charge < -0.3 is 9.47 Å². The van der Waals surface area contributed by atoms with Crippen LogP contribution in [0, 0.1) is 0 Å². The molecule has 6 nitrogen and oxygen atoms in total. The monoisotopic (exact) mass is 453 g/mol. The van der Waals surface area contributed by atoms with Gasteiger partial charge in [-0.05, 0) is 58.2 Å². The Morgan fingerprint density at radius 3 is 2.62 bits per heavy atom. The Labute approximate surface area is 177 Å². The number of nitrogens with zero attached hydrogens (tertiary/aromatic N) is 2. The quantitative estimate of drug-likeness (QED) is 0.399. The minimum atomic E-state index is -0.310. The molecule has 3 rings (SSSR count). The van der Waals surface area contributed by atoms with Crippen molar-refractivity contribution in [3.63, 3.8) is 0 Å². The smallest absolute Gasteiger partial charge is 0.271 e. The fourth-order valence-electron chi connectivity index (χ4n) is 2.53. The highest BCUT2D eigenvalue weighted by Crippen LogP contribution is 2.37. The van der Waals surface area contributed by atoms with Crippen LogP contribution in [0.15, 0.2) is 76.6 Å². The van der Waals surface area contributed by atoms with Crippen molar-refractivity contribution in [3.8, 4) is 11.5 Å². The van der Waals surface area contributed by atoms with E-state index in [4.69, 9.17) is 9.47 Å². The number of nitrogens with one attached hydrogen (secondary N) is 1. The number of hydrogen-bond donors (Lipinski definition) is 1. The van der Waals surface area contributed by atoms with Gasteiger partial charge in [0, 0.05) is 18.0 Å². The van der Waals surface area contributed by atoms with Crippen molar-refractivity contribution in [1.82, 2.24) is 10.4 Å². The lowest BCUT2D eigenvalue weighted by Gasteiger charge is -2.14. The number of pyridine rings is 1. The van der Waals surface area contributed by atoms with E-state index in [1.165, 1.54) is 0 Å². The number of benzene rings is 2. The Kier molecular flexibility index (Phi) is 7.35. The van der Waals surface area contributed by atoms with E-state index in [0.29, 0.717) is 30.3 Å². The van der Waals surface area contributed by atoms with Gasteiger partial charge in [0.05, 0.1) is 17.3 Å². The molecule has 0 saturated heterocycles. The van der Waals surface area contributed by atoms with Crippen molar-refractivity contribution < 1.29 is 14.3 Å². The first kappa shape index (κ1) is 20.5. The summed E-state index contributed by atoms with van der Waals surface area (Å²) in [6.07, 6.45) is 4.66. The number of rotatable bonds is 8. The average molecular weight is 454 g/mol. The molecule has 0 aliphatic rings. The van der Waals surface area contributed by atoms with Crippen LogP contribution in [-0.4, -0.2) is 23.7 Å². The molecule has 0 spiro atoms. The van der Waals surface area contributed by atoms with E-state index in [2.05, 4.69) is 31.4 Å². The summed E-state index contributed by atoms with van der Waals surface area (Å²) >= 11 is 3.54. The van der Waals surface area contributed by atoms with Crippen molar-refractivity contribution in [1.29, 1.82) is 0 Å². The maximum atomic E-state index is 12.0. The summed E-state index contributed by atoms with van der Waals surface area (Å²) in [7, 11) is 0. The first-order chi connectivity index (χ1) is 14.2. The van der Waals surface area contributed by atoms with Gasteiger partial charge in [0.2, 0.25) is 0 Å². The zero-order chi connectivity index (χ0) is 20.5. The Morgan fingerprint density at radius 1 is 1.14 bits per heavy atom. The van der Waals surface area contributed by atoms with Crippen LogP contribution in [0.2, 0.25) is 0 Å². The molecule has 29 heavy (non-hydrogen) atoms. The van der Waals surface area contributed by atoms with Gasteiger partial charge >= 0.3 is 0 Å². The van der Waals surface area contributed by atoms with Gasteiger partial charge in [-0.3, -0.25) is 9.78 Å². The van der Waals surface area contributed by atoms with E-state index < -0.39 is 0 Å². The molecule has 148 valence electrons. The maximum absolute atomic E-state index is 12.0. The van der Waals surface area contributed by atoms with Gasteiger partial charge in [-0.1, -0.05) is 30.3 Å². The molecule has 1 heterocycles. The number of carbonyl (C=O) groups is 1. The molecule has 0 radical (unpaired) electrons. The van der Waals surface area contributed by atoms with E-state index in [1.54, 1.807) is 30.7 Å². The zero-order valence-electron chi connectivity index (χ0n) is 15.8. The molecule has 3 aromatic rings. The van der Waals surface area contributed by atoms with Crippen LogP contribution in [0.4, 0.5) is 0 Å². The number of hydrazone groups is 1. The van der Waals surface area contributed by atoms with E-state index >= 15 is 0 Å². The number of aromatic nitrogens is 1. The number of amides is 1. The topological polar surface area (TPSA) is 72.8 Å². The summed E-state index contributed by atoms with van der Waals surface area (Å²) in [6.45, 7) is 2.83. The molecule has 1 N–H and O–H groups in total. The molecule has 0 unspecified atom stereocenters. The first-order valence-corrected chi connectivity index (χ1v) is 9.83. The molecular formula is C22H20BrN3O3. The third-order valence-corrected chi connectivity index (χ3v) is 4.47. The zero-order valence-corrected chi connectivity index (χ0v) is 17.4. The Balaban J connectivity index is 1.72. The minimum absolute atomic E-state index is 0.310. The van der Waals surface area contributed by atoms with Gasteiger partial charge in [-0.2, -0.15) is 5.10 Å². The van der Waals surface area contributed by atoms with Crippen molar-refractivity contribution >= 4 is 28.1 Å². The van der Waals surface area contributed by atoms with Crippen LogP contribution in [-0.2, 0) is 6.61 Å². The molecule has 2 aromatic carbocycles. The molecule has 1 aromatic heterocycles. The Morgan fingerprint density at radius 2 is 1.90 bits per heavy atom. The van der Waals surface area contributed by atoms with Crippen LogP contribution in [0.1, 0.15) is 28.4 Å². The largest absolute Gasteiger partial charge is 0.490 e.